The van der Waals surface area contributed by atoms with Crippen molar-refractivity contribution in [2.45, 2.75) is 32.7 Å². The van der Waals surface area contributed by atoms with Crippen LogP contribution in [0.15, 0.2) is 24.3 Å². The Bertz CT molecular complexity index is 320. The zero-order chi connectivity index (χ0) is 11.3. The maximum absolute atomic E-state index is 11.7. The molecule has 1 rings (SSSR count). The standard InChI is InChI=1S/C12H18N2O.ClH/c1-3-11(4-2)14-12(15)9-5-7-10(13)8-6-9;/h5-8,11H,3-4,13H2,1-2H3,(H,14,15);1H. The number of carbonyl (C=O) groups is 1. The average Bonchev–Trinajstić information content (AvgIpc) is 2.26. The Labute approximate surface area is 103 Å². The van der Waals surface area contributed by atoms with Crippen LogP contribution >= 0.6 is 12.4 Å². The fraction of sp³-hybridized carbons (Fsp3) is 0.417. The molecule has 3 N–H and O–H groups in total. The van der Waals surface area contributed by atoms with Crippen LogP contribution in [0.3, 0.4) is 0 Å². The summed E-state index contributed by atoms with van der Waals surface area (Å²) in [7, 11) is 0. The number of carbonyl (C=O) groups excluding carboxylic acids is 1. The van der Waals surface area contributed by atoms with Crippen LogP contribution in [0.2, 0.25) is 0 Å². The first-order chi connectivity index (χ1) is 7.17. The van der Waals surface area contributed by atoms with Gasteiger partial charge in [-0.05, 0) is 37.1 Å². The fourth-order valence-corrected chi connectivity index (χ4v) is 1.40. The van der Waals surface area contributed by atoms with Crippen LogP contribution in [0.25, 0.3) is 0 Å². The first kappa shape index (κ1) is 14.8. The van der Waals surface area contributed by atoms with Gasteiger partial charge in [-0.25, -0.2) is 0 Å². The molecule has 0 radical (unpaired) electrons. The molecule has 0 atom stereocenters. The number of anilines is 1. The largest absolute Gasteiger partial charge is 0.399 e. The van der Waals surface area contributed by atoms with E-state index in [4.69, 9.17) is 5.73 Å². The van der Waals surface area contributed by atoms with Crippen LogP contribution in [-0.4, -0.2) is 11.9 Å². The van der Waals surface area contributed by atoms with E-state index in [-0.39, 0.29) is 24.4 Å². The van der Waals surface area contributed by atoms with E-state index in [2.05, 4.69) is 19.2 Å². The summed E-state index contributed by atoms with van der Waals surface area (Å²) in [6.07, 6.45) is 1.91. The van der Waals surface area contributed by atoms with Crippen molar-refractivity contribution in [3.8, 4) is 0 Å². The first-order valence-electron chi connectivity index (χ1n) is 5.33. The van der Waals surface area contributed by atoms with E-state index in [1.165, 1.54) is 0 Å². The summed E-state index contributed by atoms with van der Waals surface area (Å²) in [5.41, 5.74) is 6.89. The number of nitrogens with two attached hydrogens (primary N) is 1. The second-order valence-corrected chi connectivity index (χ2v) is 3.61. The predicted molar refractivity (Wildman–Crippen MR) is 69.9 cm³/mol. The van der Waals surface area contributed by atoms with Gasteiger partial charge in [0.15, 0.2) is 0 Å². The highest BCUT2D eigenvalue weighted by Crippen LogP contribution is 2.06. The molecule has 0 bridgehead atoms. The molecule has 3 nitrogen and oxygen atoms in total. The van der Waals surface area contributed by atoms with Crippen LogP contribution in [-0.2, 0) is 0 Å². The van der Waals surface area contributed by atoms with Gasteiger partial charge in [-0.15, -0.1) is 12.4 Å². The molecule has 90 valence electrons. The van der Waals surface area contributed by atoms with E-state index >= 15 is 0 Å². The van der Waals surface area contributed by atoms with Crippen molar-refractivity contribution in [2.75, 3.05) is 5.73 Å². The summed E-state index contributed by atoms with van der Waals surface area (Å²) in [5.74, 6) is -0.0244. The molecule has 1 aromatic rings. The van der Waals surface area contributed by atoms with Gasteiger partial charge in [0.05, 0.1) is 0 Å². The summed E-state index contributed by atoms with van der Waals surface area (Å²) in [6, 6.07) is 7.22. The smallest absolute Gasteiger partial charge is 0.251 e. The molecular weight excluding hydrogens is 224 g/mol. The fourth-order valence-electron chi connectivity index (χ4n) is 1.40. The number of nitrogen functional groups attached to an aromatic ring is 1. The average molecular weight is 243 g/mol. The highest BCUT2D eigenvalue weighted by Gasteiger charge is 2.09. The van der Waals surface area contributed by atoms with E-state index in [0.717, 1.165) is 12.8 Å². The Balaban J connectivity index is 0.00000225. The monoisotopic (exact) mass is 242 g/mol. The van der Waals surface area contributed by atoms with E-state index in [1.807, 2.05) is 0 Å². The predicted octanol–water partition coefficient (Wildman–Crippen LogP) is 2.61. The van der Waals surface area contributed by atoms with Gasteiger partial charge < -0.3 is 11.1 Å². The minimum atomic E-state index is -0.0244. The molecule has 0 saturated heterocycles. The third-order valence-electron chi connectivity index (χ3n) is 2.49. The third kappa shape index (κ3) is 4.11. The molecule has 0 spiro atoms. The van der Waals surface area contributed by atoms with Crippen LogP contribution in [0.4, 0.5) is 5.69 Å². The molecular formula is C12H19ClN2O. The Morgan fingerprint density at radius 3 is 2.19 bits per heavy atom. The van der Waals surface area contributed by atoms with Crippen molar-refractivity contribution in [3.63, 3.8) is 0 Å². The van der Waals surface area contributed by atoms with Crippen LogP contribution < -0.4 is 11.1 Å². The van der Waals surface area contributed by atoms with E-state index in [0.29, 0.717) is 11.3 Å². The maximum atomic E-state index is 11.7. The van der Waals surface area contributed by atoms with Gasteiger partial charge in [-0.2, -0.15) is 0 Å². The highest BCUT2D eigenvalue weighted by atomic mass is 35.5. The highest BCUT2D eigenvalue weighted by molar-refractivity contribution is 5.94. The van der Waals surface area contributed by atoms with E-state index in [9.17, 15) is 4.79 Å². The van der Waals surface area contributed by atoms with Crippen molar-refractivity contribution in [1.82, 2.24) is 5.32 Å². The van der Waals surface area contributed by atoms with Gasteiger partial charge in [0.25, 0.3) is 5.91 Å². The maximum Gasteiger partial charge on any atom is 0.251 e. The summed E-state index contributed by atoms with van der Waals surface area (Å²) >= 11 is 0. The minimum Gasteiger partial charge on any atom is -0.399 e. The van der Waals surface area contributed by atoms with Crippen LogP contribution in [0.5, 0.6) is 0 Å². The molecule has 16 heavy (non-hydrogen) atoms. The molecule has 4 heteroatoms. The van der Waals surface area contributed by atoms with Crippen molar-refractivity contribution in [1.29, 1.82) is 0 Å². The van der Waals surface area contributed by atoms with E-state index < -0.39 is 0 Å². The van der Waals surface area contributed by atoms with Crippen molar-refractivity contribution in [2.24, 2.45) is 0 Å². The van der Waals surface area contributed by atoms with Gasteiger partial charge in [0.2, 0.25) is 0 Å². The molecule has 0 fully saturated rings. The molecule has 0 heterocycles. The van der Waals surface area contributed by atoms with Gasteiger partial charge in [-0.1, -0.05) is 13.8 Å². The zero-order valence-electron chi connectivity index (χ0n) is 9.69. The first-order valence-corrected chi connectivity index (χ1v) is 5.33. The normalized spacial score (nSPS) is 9.69. The molecule has 0 aromatic heterocycles. The lowest BCUT2D eigenvalue weighted by Crippen LogP contribution is -2.33. The minimum absolute atomic E-state index is 0. The Kier molecular flexibility index (Phi) is 6.58. The molecule has 0 aliphatic heterocycles. The quantitative estimate of drug-likeness (QED) is 0.798. The number of hydrogen-bond donors (Lipinski definition) is 2. The molecule has 1 aromatic carbocycles. The lowest BCUT2D eigenvalue weighted by Gasteiger charge is -2.14. The SMILES string of the molecule is CCC(CC)NC(=O)c1ccc(N)cc1.Cl. The van der Waals surface area contributed by atoms with Crippen LogP contribution in [0.1, 0.15) is 37.0 Å². The molecule has 1 amide bonds. The topological polar surface area (TPSA) is 55.1 Å². The second kappa shape index (κ2) is 7.12. The van der Waals surface area contributed by atoms with Crippen LogP contribution in [0, 0.1) is 0 Å². The number of rotatable bonds is 4. The molecule has 0 aliphatic carbocycles. The van der Waals surface area contributed by atoms with Gasteiger partial charge >= 0.3 is 0 Å². The Morgan fingerprint density at radius 1 is 1.25 bits per heavy atom. The molecule has 0 unspecified atom stereocenters. The van der Waals surface area contributed by atoms with Crippen molar-refractivity contribution >= 4 is 24.0 Å². The summed E-state index contributed by atoms with van der Waals surface area (Å²) < 4.78 is 0. The van der Waals surface area contributed by atoms with Gasteiger partial charge in [0, 0.05) is 17.3 Å². The second-order valence-electron chi connectivity index (χ2n) is 3.61. The number of nitrogens with one attached hydrogen (secondary N) is 1. The Hall–Kier alpha value is -1.22. The molecule has 0 saturated carbocycles. The zero-order valence-corrected chi connectivity index (χ0v) is 10.5. The number of benzene rings is 1. The number of amides is 1. The van der Waals surface area contributed by atoms with E-state index in [1.54, 1.807) is 24.3 Å². The summed E-state index contributed by atoms with van der Waals surface area (Å²) in [5, 5.41) is 2.97. The Morgan fingerprint density at radius 2 is 1.75 bits per heavy atom. The van der Waals surface area contributed by atoms with Gasteiger partial charge in [-0.3, -0.25) is 4.79 Å². The number of hydrogen-bond acceptors (Lipinski definition) is 2. The lowest BCUT2D eigenvalue weighted by atomic mass is 10.1. The van der Waals surface area contributed by atoms with Crippen molar-refractivity contribution < 1.29 is 4.79 Å². The summed E-state index contributed by atoms with van der Waals surface area (Å²) in [4.78, 5) is 11.7. The van der Waals surface area contributed by atoms with Crippen molar-refractivity contribution in [3.05, 3.63) is 29.8 Å². The summed E-state index contributed by atoms with van der Waals surface area (Å²) in [6.45, 7) is 4.13. The number of halogens is 1. The third-order valence-corrected chi connectivity index (χ3v) is 2.49. The van der Waals surface area contributed by atoms with Gasteiger partial charge in [0.1, 0.15) is 0 Å². The molecule has 0 aliphatic rings. The lowest BCUT2D eigenvalue weighted by molar-refractivity contribution is 0.0935.